The van der Waals surface area contributed by atoms with Gasteiger partial charge >= 0.3 is 0 Å². The number of nitrogens with zero attached hydrogens (tertiary/aromatic N) is 3. The number of amides is 1. The van der Waals surface area contributed by atoms with Gasteiger partial charge in [0, 0.05) is 25.4 Å². The lowest BCUT2D eigenvalue weighted by Crippen LogP contribution is -2.27. The van der Waals surface area contributed by atoms with Gasteiger partial charge in [-0.1, -0.05) is 17.3 Å². The first-order valence-electron chi connectivity index (χ1n) is 7.45. The van der Waals surface area contributed by atoms with Crippen molar-refractivity contribution >= 4 is 5.91 Å². The molecule has 122 valence electrons. The predicted octanol–water partition coefficient (Wildman–Crippen LogP) is 2.17. The zero-order valence-corrected chi connectivity index (χ0v) is 12.8. The lowest BCUT2D eigenvalue weighted by molar-refractivity contribution is -0.120. The molecule has 6 nitrogen and oxygen atoms in total. The van der Waals surface area contributed by atoms with Crippen molar-refractivity contribution < 1.29 is 13.7 Å². The number of pyridine rings is 1. The van der Waals surface area contributed by atoms with E-state index in [0.717, 1.165) is 5.56 Å². The minimum absolute atomic E-state index is 0.130. The van der Waals surface area contributed by atoms with Gasteiger partial charge in [0.2, 0.25) is 5.91 Å². The van der Waals surface area contributed by atoms with E-state index in [1.54, 1.807) is 30.6 Å². The SMILES string of the molecule is O=C(Cc1cccc(F)c1)NCCc1noc(-c2cccnc2)n1. The zero-order chi connectivity index (χ0) is 16.8. The summed E-state index contributed by atoms with van der Waals surface area (Å²) in [5.74, 6) is 0.357. The number of carbonyl (C=O) groups is 1. The van der Waals surface area contributed by atoms with Crippen LogP contribution in [0.15, 0.2) is 53.3 Å². The summed E-state index contributed by atoms with van der Waals surface area (Å²) in [6.07, 6.45) is 3.87. The molecule has 0 radical (unpaired) electrons. The van der Waals surface area contributed by atoms with Crippen molar-refractivity contribution in [3.8, 4) is 11.5 Å². The third-order valence-electron chi connectivity index (χ3n) is 3.30. The second-order valence-corrected chi connectivity index (χ2v) is 5.16. The molecule has 0 fully saturated rings. The van der Waals surface area contributed by atoms with E-state index in [-0.39, 0.29) is 18.1 Å². The lowest BCUT2D eigenvalue weighted by atomic mass is 10.1. The third kappa shape index (κ3) is 4.22. The van der Waals surface area contributed by atoms with Gasteiger partial charge < -0.3 is 9.84 Å². The normalized spacial score (nSPS) is 10.5. The molecule has 24 heavy (non-hydrogen) atoms. The Morgan fingerprint density at radius 2 is 2.17 bits per heavy atom. The van der Waals surface area contributed by atoms with E-state index in [1.165, 1.54) is 12.1 Å². The van der Waals surface area contributed by atoms with Gasteiger partial charge in [0.15, 0.2) is 5.82 Å². The fraction of sp³-hybridized carbons (Fsp3) is 0.176. The van der Waals surface area contributed by atoms with E-state index in [1.807, 2.05) is 6.07 Å². The van der Waals surface area contributed by atoms with E-state index in [9.17, 15) is 9.18 Å². The Bertz CT molecular complexity index is 820. The Kier molecular flexibility index (Phi) is 4.90. The Hall–Kier alpha value is -3.09. The highest BCUT2D eigenvalue weighted by molar-refractivity contribution is 5.78. The maximum Gasteiger partial charge on any atom is 0.259 e. The van der Waals surface area contributed by atoms with E-state index in [2.05, 4.69) is 20.4 Å². The summed E-state index contributed by atoms with van der Waals surface area (Å²) in [7, 11) is 0. The molecule has 1 aromatic carbocycles. The minimum Gasteiger partial charge on any atom is -0.355 e. The molecule has 1 amide bonds. The summed E-state index contributed by atoms with van der Waals surface area (Å²) >= 11 is 0. The second-order valence-electron chi connectivity index (χ2n) is 5.16. The molecule has 0 aliphatic rings. The molecule has 0 bridgehead atoms. The molecule has 7 heteroatoms. The topological polar surface area (TPSA) is 80.9 Å². The van der Waals surface area contributed by atoms with E-state index < -0.39 is 0 Å². The molecule has 2 heterocycles. The maximum atomic E-state index is 13.1. The number of rotatable bonds is 6. The van der Waals surface area contributed by atoms with Crippen LogP contribution in [0.1, 0.15) is 11.4 Å². The standard InChI is InChI=1S/C17H15FN4O2/c18-14-5-1-3-12(9-14)10-16(23)20-8-6-15-21-17(24-22-15)13-4-2-7-19-11-13/h1-5,7,9,11H,6,8,10H2,(H,20,23). The van der Waals surface area contributed by atoms with Crippen LogP contribution in [0.25, 0.3) is 11.5 Å². The average Bonchev–Trinajstić information content (AvgIpc) is 3.04. The maximum absolute atomic E-state index is 13.1. The first kappa shape index (κ1) is 15.8. The highest BCUT2D eigenvalue weighted by atomic mass is 19.1. The van der Waals surface area contributed by atoms with Gasteiger partial charge in [0.05, 0.1) is 12.0 Å². The number of carbonyl (C=O) groups excluding carboxylic acids is 1. The van der Waals surface area contributed by atoms with Crippen molar-refractivity contribution in [3.05, 3.63) is 66.0 Å². The molecule has 1 N–H and O–H groups in total. The van der Waals surface area contributed by atoms with Crippen molar-refractivity contribution in [3.63, 3.8) is 0 Å². The Labute approximate surface area is 137 Å². The summed E-state index contributed by atoms with van der Waals surface area (Å²) in [6.45, 7) is 0.375. The van der Waals surface area contributed by atoms with Crippen LogP contribution in [-0.2, 0) is 17.6 Å². The number of aromatic nitrogens is 3. The molecule has 2 aromatic heterocycles. The quantitative estimate of drug-likeness (QED) is 0.751. The fourth-order valence-electron chi connectivity index (χ4n) is 2.17. The molecular weight excluding hydrogens is 311 g/mol. The molecule has 0 saturated carbocycles. The predicted molar refractivity (Wildman–Crippen MR) is 84.3 cm³/mol. The van der Waals surface area contributed by atoms with Crippen LogP contribution in [0, 0.1) is 5.82 Å². The van der Waals surface area contributed by atoms with Crippen LogP contribution in [0.3, 0.4) is 0 Å². The Balaban J connectivity index is 1.48. The van der Waals surface area contributed by atoms with Crippen molar-refractivity contribution in [2.24, 2.45) is 0 Å². The molecule has 0 spiro atoms. The number of hydrogen-bond donors (Lipinski definition) is 1. The fourth-order valence-corrected chi connectivity index (χ4v) is 2.17. The Morgan fingerprint density at radius 3 is 2.96 bits per heavy atom. The first-order chi connectivity index (χ1) is 11.7. The summed E-state index contributed by atoms with van der Waals surface area (Å²) in [5.41, 5.74) is 1.37. The summed E-state index contributed by atoms with van der Waals surface area (Å²) in [5, 5.41) is 6.62. The van der Waals surface area contributed by atoms with Gasteiger partial charge in [-0.3, -0.25) is 9.78 Å². The number of benzene rings is 1. The molecule has 0 unspecified atom stereocenters. The van der Waals surface area contributed by atoms with Crippen LogP contribution in [0.2, 0.25) is 0 Å². The zero-order valence-electron chi connectivity index (χ0n) is 12.8. The van der Waals surface area contributed by atoms with E-state index >= 15 is 0 Å². The van der Waals surface area contributed by atoms with E-state index in [0.29, 0.717) is 30.2 Å². The summed E-state index contributed by atoms with van der Waals surface area (Å²) in [6, 6.07) is 9.59. The summed E-state index contributed by atoms with van der Waals surface area (Å²) < 4.78 is 18.2. The first-order valence-corrected chi connectivity index (χ1v) is 7.45. The molecule has 3 rings (SSSR count). The van der Waals surface area contributed by atoms with Gasteiger partial charge in [-0.05, 0) is 29.8 Å². The van der Waals surface area contributed by atoms with Crippen molar-refractivity contribution in [2.75, 3.05) is 6.54 Å². The molecule has 0 aliphatic carbocycles. The number of halogens is 1. The van der Waals surface area contributed by atoms with Gasteiger partial charge in [-0.25, -0.2) is 4.39 Å². The molecule has 0 atom stereocenters. The highest BCUT2D eigenvalue weighted by Crippen LogP contribution is 2.14. The smallest absolute Gasteiger partial charge is 0.259 e. The van der Waals surface area contributed by atoms with Crippen LogP contribution < -0.4 is 5.32 Å². The van der Waals surface area contributed by atoms with Gasteiger partial charge in [-0.15, -0.1) is 0 Å². The average molecular weight is 326 g/mol. The Morgan fingerprint density at radius 1 is 1.25 bits per heavy atom. The van der Waals surface area contributed by atoms with Gasteiger partial charge in [0.1, 0.15) is 5.82 Å². The lowest BCUT2D eigenvalue weighted by Gasteiger charge is -2.03. The minimum atomic E-state index is -0.352. The largest absolute Gasteiger partial charge is 0.355 e. The van der Waals surface area contributed by atoms with Crippen molar-refractivity contribution in [2.45, 2.75) is 12.8 Å². The van der Waals surface area contributed by atoms with Crippen LogP contribution in [0.4, 0.5) is 4.39 Å². The van der Waals surface area contributed by atoms with Crippen LogP contribution >= 0.6 is 0 Å². The monoisotopic (exact) mass is 326 g/mol. The van der Waals surface area contributed by atoms with Gasteiger partial charge in [0.25, 0.3) is 5.89 Å². The molecule has 3 aromatic rings. The van der Waals surface area contributed by atoms with Crippen molar-refractivity contribution in [1.82, 2.24) is 20.4 Å². The van der Waals surface area contributed by atoms with E-state index in [4.69, 9.17) is 4.52 Å². The van der Waals surface area contributed by atoms with Crippen LogP contribution in [0.5, 0.6) is 0 Å². The van der Waals surface area contributed by atoms with Gasteiger partial charge in [-0.2, -0.15) is 4.98 Å². The third-order valence-corrected chi connectivity index (χ3v) is 3.30. The number of nitrogens with one attached hydrogen (secondary N) is 1. The highest BCUT2D eigenvalue weighted by Gasteiger charge is 2.09. The molecule has 0 aliphatic heterocycles. The van der Waals surface area contributed by atoms with Crippen LogP contribution in [-0.4, -0.2) is 27.6 Å². The second kappa shape index (κ2) is 7.45. The molecular formula is C17H15FN4O2. The summed E-state index contributed by atoms with van der Waals surface area (Å²) in [4.78, 5) is 20.1. The number of hydrogen-bond acceptors (Lipinski definition) is 5. The molecule has 0 saturated heterocycles. The van der Waals surface area contributed by atoms with Crippen molar-refractivity contribution in [1.29, 1.82) is 0 Å².